The number of carbonyl (C=O) groups excluding carboxylic acids is 2. The number of amides is 1. The lowest BCUT2D eigenvalue weighted by molar-refractivity contribution is -0.125. The molecule has 1 saturated carbocycles. The highest BCUT2D eigenvalue weighted by Gasteiger charge is 2.32. The van der Waals surface area contributed by atoms with Crippen LogP contribution in [0.15, 0.2) is 24.3 Å². The molecule has 21 heavy (non-hydrogen) atoms. The van der Waals surface area contributed by atoms with Crippen LogP contribution in [0.5, 0.6) is 0 Å². The van der Waals surface area contributed by atoms with Crippen LogP contribution in [0, 0.1) is 5.92 Å². The van der Waals surface area contributed by atoms with Gasteiger partial charge in [-0.1, -0.05) is 30.2 Å². The molecular weight excluding hydrogens is 290 g/mol. The molecule has 0 unspecified atom stereocenters. The molecule has 5 heteroatoms. The quantitative estimate of drug-likeness (QED) is 0.918. The number of ketones is 1. The Morgan fingerprint density at radius 1 is 1.38 bits per heavy atom. The minimum Gasteiger partial charge on any atom is -0.450 e. The zero-order valence-electron chi connectivity index (χ0n) is 12.1. The number of ether oxygens (including phenoxy) is 1. The van der Waals surface area contributed by atoms with Crippen LogP contribution in [0.1, 0.15) is 44.2 Å². The minimum atomic E-state index is -0.490. The van der Waals surface area contributed by atoms with Gasteiger partial charge in [0, 0.05) is 17.4 Å². The van der Waals surface area contributed by atoms with Gasteiger partial charge in [-0.15, -0.1) is 0 Å². The van der Waals surface area contributed by atoms with Crippen LogP contribution in [0.25, 0.3) is 0 Å². The number of alkyl carbamates (subject to hydrolysis) is 1. The van der Waals surface area contributed by atoms with Crippen molar-refractivity contribution in [3.63, 3.8) is 0 Å². The molecule has 0 saturated heterocycles. The van der Waals surface area contributed by atoms with E-state index in [1.807, 2.05) is 12.1 Å². The molecule has 1 aliphatic carbocycles. The van der Waals surface area contributed by atoms with Crippen molar-refractivity contribution >= 4 is 23.5 Å². The Morgan fingerprint density at radius 2 is 2.10 bits per heavy atom. The molecule has 1 amide bonds. The van der Waals surface area contributed by atoms with Gasteiger partial charge in [0.05, 0.1) is 12.6 Å². The number of rotatable bonds is 4. The summed E-state index contributed by atoms with van der Waals surface area (Å²) in [7, 11) is 0. The van der Waals surface area contributed by atoms with E-state index >= 15 is 0 Å². The van der Waals surface area contributed by atoms with E-state index in [4.69, 9.17) is 16.3 Å². The lowest BCUT2D eigenvalue weighted by Gasteiger charge is -2.30. The third kappa shape index (κ3) is 4.21. The number of hydrogen-bond donors (Lipinski definition) is 1. The van der Waals surface area contributed by atoms with E-state index in [0.29, 0.717) is 18.1 Å². The van der Waals surface area contributed by atoms with Gasteiger partial charge in [0.25, 0.3) is 0 Å². The lowest BCUT2D eigenvalue weighted by Crippen LogP contribution is -2.38. The molecule has 0 bridgehead atoms. The van der Waals surface area contributed by atoms with Crippen LogP contribution in [0.4, 0.5) is 4.79 Å². The first kappa shape index (κ1) is 15.8. The summed E-state index contributed by atoms with van der Waals surface area (Å²) in [6.07, 6.45) is 2.82. The maximum Gasteiger partial charge on any atom is 0.407 e. The predicted molar refractivity (Wildman–Crippen MR) is 81.3 cm³/mol. The molecule has 0 aliphatic heterocycles. The van der Waals surface area contributed by atoms with Crippen molar-refractivity contribution in [1.82, 2.24) is 5.32 Å². The fourth-order valence-electron chi connectivity index (χ4n) is 2.75. The van der Waals surface area contributed by atoms with Gasteiger partial charge in [-0.05, 0) is 37.5 Å². The highest BCUT2D eigenvalue weighted by Crippen LogP contribution is 2.32. The van der Waals surface area contributed by atoms with Crippen molar-refractivity contribution in [3.05, 3.63) is 34.9 Å². The Bertz CT molecular complexity index is 501. The van der Waals surface area contributed by atoms with Gasteiger partial charge in [-0.25, -0.2) is 4.79 Å². The minimum absolute atomic E-state index is 0.190. The monoisotopic (exact) mass is 309 g/mol. The van der Waals surface area contributed by atoms with E-state index in [-0.39, 0.29) is 17.7 Å². The van der Waals surface area contributed by atoms with E-state index in [9.17, 15) is 9.59 Å². The second kappa shape index (κ2) is 7.46. The van der Waals surface area contributed by atoms with Crippen LogP contribution in [0.2, 0.25) is 5.02 Å². The number of hydrogen-bond acceptors (Lipinski definition) is 3. The summed E-state index contributed by atoms with van der Waals surface area (Å²) >= 11 is 5.91. The fraction of sp³-hybridized carbons (Fsp3) is 0.500. The summed E-state index contributed by atoms with van der Waals surface area (Å²) < 4.78 is 4.96. The molecular formula is C16H20ClNO3. The Labute approximate surface area is 129 Å². The molecule has 1 aromatic carbocycles. The molecule has 0 aromatic heterocycles. The number of Topliss-reactive ketones (excluding diaryl/α,β-unsaturated/α-hetero) is 1. The largest absolute Gasteiger partial charge is 0.450 e. The van der Waals surface area contributed by atoms with Crippen molar-refractivity contribution in [2.75, 3.05) is 6.61 Å². The predicted octanol–water partition coefficient (Wildman–Crippen LogP) is 3.89. The Hall–Kier alpha value is -1.55. The third-order valence-electron chi connectivity index (χ3n) is 3.78. The summed E-state index contributed by atoms with van der Waals surface area (Å²) in [5.74, 6) is 0.0160. The molecule has 114 valence electrons. The molecule has 1 aromatic rings. The summed E-state index contributed by atoms with van der Waals surface area (Å²) in [4.78, 5) is 24.0. The summed E-state index contributed by atoms with van der Waals surface area (Å²) in [6.45, 7) is 2.06. The molecule has 0 heterocycles. The van der Waals surface area contributed by atoms with Gasteiger partial charge in [-0.3, -0.25) is 4.79 Å². The van der Waals surface area contributed by atoms with E-state index in [2.05, 4.69) is 5.32 Å². The topological polar surface area (TPSA) is 55.4 Å². The first-order chi connectivity index (χ1) is 10.1. The molecule has 1 fully saturated rings. The van der Waals surface area contributed by atoms with E-state index in [0.717, 1.165) is 24.8 Å². The maximum atomic E-state index is 12.2. The molecule has 1 aliphatic rings. The molecule has 2 rings (SSSR count). The van der Waals surface area contributed by atoms with Crippen molar-refractivity contribution in [1.29, 1.82) is 0 Å². The van der Waals surface area contributed by atoms with Gasteiger partial charge in [0.2, 0.25) is 0 Å². The number of nitrogens with one attached hydrogen (secondary N) is 1. The molecule has 1 N–H and O–H groups in total. The number of benzene rings is 1. The van der Waals surface area contributed by atoms with Crippen LogP contribution < -0.4 is 5.32 Å². The van der Waals surface area contributed by atoms with Crippen molar-refractivity contribution < 1.29 is 14.3 Å². The van der Waals surface area contributed by atoms with Crippen molar-refractivity contribution in [2.45, 2.75) is 38.6 Å². The normalized spacial score (nSPS) is 19.9. The van der Waals surface area contributed by atoms with E-state index in [1.165, 1.54) is 0 Å². The van der Waals surface area contributed by atoms with Crippen LogP contribution in [0.3, 0.4) is 0 Å². The Balaban J connectivity index is 2.22. The van der Waals surface area contributed by atoms with Gasteiger partial charge >= 0.3 is 6.09 Å². The number of halogens is 1. The fourth-order valence-corrected chi connectivity index (χ4v) is 2.87. The zero-order valence-corrected chi connectivity index (χ0v) is 12.9. The highest BCUT2D eigenvalue weighted by atomic mass is 35.5. The SMILES string of the molecule is CCOC(=O)N[C@H](c1ccc(Cl)cc1)[C@H]1CCCCC1=O. The third-order valence-corrected chi connectivity index (χ3v) is 4.03. The van der Waals surface area contributed by atoms with Crippen LogP contribution in [-0.2, 0) is 9.53 Å². The second-order valence-corrected chi connectivity index (χ2v) is 5.65. The molecule has 2 atom stereocenters. The molecule has 4 nitrogen and oxygen atoms in total. The van der Waals surface area contributed by atoms with Crippen LogP contribution in [-0.4, -0.2) is 18.5 Å². The first-order valence-corrected chi connectivity index (χ1v) is 7.71. The summed E-state index contributed by atoms with van der Waals surface area (Å²) in [6, 6.07) is 6.88. The Kier molecular flexibility index (Phi) is 5.62. The lowest BCUT2D eigenvalue weighted by atomic mass is 9.80. The number of carbonyl (C=O) groups is 2. The van der Waals surface area contributed by atoms with Crippen molar-refractivity contribution in [3.8, 4) is 0 Å². The second-order valence-electron chi connectivity index (χ2n) is 5.21. The smallest absolute Gasteiger partial charge is 0.407 e. The summed E-state index contributed by atoms with van der Waals surface area (Å²) in [5, 5.41) is 3.46. The first-order valence-electron chi connectivity index (χ1n) is 7.33. The standard InChI is InChI=1S/C16H20ClNO3/c1-2-21-16(20)18-15(11-7-9-12(17)10-8-11)13-5-3-4-6-14(13)19/h7-10,13,15H,2-6H2,1H3,(H,18,20)/t13-,15+/m0/s1. The van der Waals surface area contributed by atoms with Gasteiger partial charge in [0.15, 0.2) is 0 Å². The molecule has 0 spiro atoms. The average molecular weight is 310 g/mol. The zero-order chi connectivity index (χ0) is 15.2. The highest BCUT2D eigenvalue weighted by molar-refractivity contribution is 6.30. The maximum absolute atomic E-state index is 12.2. The average Bonchev–Trinajstić information content (AvgIpc) is 2.47. The van der Waals surface area contributed by atoms with Crippen molar-refractivity contribution in [2.24, 2.45) is 5.92 Å². The molecule has 0 radical (unpaired) electrons. The van der Waals surface area contributed by atoms with E-state index < -0.39 is 6.09 Å². The van der Waals surface area contributed by atoms with E-state index in [1.54, 1.807) is 19.1 Å². The van der Waals surface area contributed by atoms with Gasteiger partial charge in [0.1, 0.15) is 5.78 Å². The van der Waals surface area contributed by atoms with Gasteiger partial charge in [-0.2, -0.15) is 0 Å². The Morgan fingerprint density at radius 3 is 2.71 bits per heavy atom. The van der Waals surface area contributed by atoms with Crippen LogP contribution >= 0.6 is 11.6 Å². The van der Waals surface area contributed by atoms with Gasteiger partial charge < -0.3 is 10.1 Å². The summed E-state index contributed by atoms with van der Waals surface area (Å²) in [5.41, 5.74) is 0.882.